The number of rotatable bonds is 6. The fourth-order valence-corrected chi connectivity index (χ4v) is 3.21. The number of nitrogens with one attached hydrogen (secondary N) is 2. The summed E-state index contributed by atoms with van der Waals surface area (Å²) in [6, 6.07) is 3.11. The van der Waals surface area contributed by atoms with Gasteiger partial charge < -0.3 is 14.8 Å². The Morgan fingerprint density at radius 2 is 2.20 bits per heavy atom. The number of hydrogen-bond donors (Lipinski definition) is 3. The van der Waals surface area contributed by atoms with E-state index in [9.17, 15) is 13.5 Å². The van der Waals surface area contributed by atoms with E-state index in [1.807, 2.05) is 0 Å². The molecule has 2 unspecified atom stereocenters. The summed E-state index contributed by atoms with van der Waals surface area (Å²) in [5, 5.41) is 12.8. The van der Waals surface area contributed by atoms with Crippen LogP contribution in [0.2, 0.25) is 0 Å². The molecule has 0 radical (unpaired) electrons. The minimum absolute atomic E-state index is 0.0649. The quantitative estimate of drug-likeness (QED) is 0.724. The summed E-state index contributed by atoms with van der Waals surface area (Å²) in [5.41, 5.74) is 0. The zero-order chi connectivity index (χ0) is 14.6. The molecule has 0 bridgehead atoms. The molecule has 1 aliphatic rings. The molecule has 20 heavy (non-hydrogen) atoms. The molecule has 0 saturated heterocycles. The highest BCUT2D eigenvalue weighted by Crippen LogP contribution is 2.23. The summed E-state index contributed by atoms with van der Waals surface area (Å²) in [7, 11) is -2.16. The Morgan fingerprint density at radius 3 is 2.90 bits per heavy atom. The van der Waals surface area contributed by atoms with Gasteiger partial charge in [0.25, 0.3) is 10.0 Å². The number of aliphatic hydroxyl groups is 1. The zero-order valence-corrected chi connectivity index (χ0v) is 12.4. The minimum atomic E-state index is -3.51. The smallest absolute Gasteiger partial charge is 0.273 e. The molecule has 0 aromatic carbocycles. The number of hydrogen-bond acceptors (Lipinski definition) is 5. The lowest BCUT2D eigenvalue weighted by atomic mass is 9.87. The summed E-state index contributed by atoms with van der Waals surface area (Å²) in [4.78, 5) is 0. The standard InChI is InChI=1S/C13H22N2O4S/c1-14-20(17,18)13-6-5-12(19-13)9-15-8-10-3-2-4-11(16)7-10/h5-6,10-11,14-16H,2-4,7-9H2,1H3. The highest BCUT2D eigenvalue weighted by atomic mass is 32.2. The van der Waals surface area contributed by atoms with Gasteiger partial charge in [0, 0.05) is 0 Å². The van der Waals surface area contributed by atoms with Crippen molar-refractivity contribution in [2.75, 3.05) is 13.6 Å². The van der Waals surface area contributed by atoms with Crippen LogP contribution in [0.4, 0.5) is 0 Å². The van der Waals surface area contributed by atoms with Crippen molar-refractivity contribution in [1.29, 1.82) is 0 Å². The average molecular weight is 302 g/mol. The third-order valence-electron chi connectivity index (χ3n) is 3.66. The first-order chi connectivity index (χ1) is 9.51. The fraction of sp³-hybridized carbons (Fsp3) is 0.692. The first-order valence-corrected chi connectivity index (χ1v) is 8.40. The van der Waals surface area contributed by atoms with Crippen molar-refractivity contribution in [3.8, 4) is 0 Å². The van der Waals surface area contributed by atoms with Crippen molar-refractivity contribution in [2.24, 2.45) is 5.92 Å². The molecule has 0 amide bonds. The van der Waals surface area contributed by atoms with E-state index < -0.39 is 10.0 Å². The molecule has 1 aliphatic carbocycles. The van der Waals surface area contributed by atoms with Gasteiger partial charge in [0.15, 0.2) is 0 Å². The van der Waals surface area contributed by atoms with Gasteiger partial charge in [0.2, 0.25) is 5.09 Å². The topological polar surface area (TPSA) is 91.6 Å². The lowest BCUT2D eigenvalue weighted by Gasteiger charge is -2.25. The van der Waals surface area contributed by atoms with Gasteiger partial charge in [0.1, 0.15) is 5.76 Å². The van der Waals surface area contributed by atoms with Crippen molar-refractivity contribution in [2.45, 2.75) is 43.4 Å². The number of sulfonamides is 1. The highest BCUT2D eigenvalue weighted by molar-refractivity contribution is 7.89. The Bertz CT molecular complexity index is 526. The van der Waals surface area contributed by atoms with Crippen LogP contribution in [0.3, 0.4) is 0 Å². The second kappa shape index (κ2) is 6.71. The lowest BCUT2D eigenvalue weighted by molar-refractivity contribution is 0.100. The minimum Gasteiger partial charge on any atom is -0.447 e. The molecule has 3 N–H and O–H groups in total. The van der Waals surface area contributed by atoms with E-state index in [0.29, 0.717) is 18.2 Å². The van der Waals surface area contributed by atoms with Gasteiger partial charge in [-0.25, -0.2) is 13.1 Å². The zero-order valence-electron chi connectivity index (χ0n) is 11.6. The predicted octanol–water partition coefficient (Wildman–Crippen LogP) is 0.828. The van der Waals surface area contributed by atoms with E-state index in [-0.39, 0.29) is 11.2 Å². The van der Waals surface area contributed by atoms with Gasteiger partial charge in [-0.05, 0) is 50.9 Å². The average Bonchev–Trinajstić information content (AvgIpc) is 2.88. The molecule has 1 heterocycles. The first kappa shape index (κ1) is 15.5. The Balaban J connectivity index is 1.80. The van der Waals surface area contributed by atoms with Crippen LogP contribution in [-0.4, -0.2) is 33.2 Å². The molecule has 7 heteroatoms. The number of furan rings is 1. The third kappa shape index (κ3) is 4.05. The Labute approximate surface area is 119 Å². The van der Waals surface area contributed by atoms with Gasteiger partial charge >= 0.3 is 0 Å². The second-order valence-corrected chi connectivity index (χ2v) is 7.06. The molecule has 1 aromatic rings. The van der Waals surface area contributed by atoms with Crippen LogP contribution in [0.25, 0.3) is 0 Å². The van der Waals surface area contributed by atoms with E-state index >= 15 is 0 Å². The molecular formula is C13H22N2O4S. The molecule has 0 aliphatic heterocycles. The van der Waals surface area contributed by atoms with Gasteiger partial charge in [-0.2, -0.15) is 0 Å². The van der Waals surface area contributed by atoms with Crippen LogP contribution in [0.15, 0.2) is 21.6 Å². The summed E-state index contributed by atoms with van der Waals surface area (Å²) < 4.78 is 30.5. The van der Waals surface area contributed by atoms with Gasteiger partial charge in [-0.1, -0.05) is 6.42 Å². The highest BCUT2D eigenvalue weighted by Gasteiger charge is 2.20. The van der Waals surface area contributed by atoms with E-state index in [0.717, 1.165) is 32.2 Å². The summed E-state index contributed by atoms with van der Waals surface area (Å²) >= 11 is 0. The van der Waals surface area contributed by atoms with Crippen LogP contribution in [0.5, 0.6) is 0 Å². The predicted molar refractivity (Wildman–Crippen MR) is 74.6 cm³/mol. The largest absolute Gasteiger partial charge is 0.447 e. The molecular weight excluding hydrogens is 280 g/mol. The maximum Gasteiger partial charge on any atom is 0.273 e. The molecule has 2 atom stereocenters. The van der Waals surface area contributed by atoms with Crippen LogP contribution < -0.4 is 10.0 Å². The van der Waals surface area contributed by atoms with Crippen LogP contribution >= 0.6 is 0 Å². The van der Waals surface area contributed by atoms with E-state index in [4.69, 9.17) is 4.42 Å². The summed E-state index contributed by atoms with van der Waals surface area (Å²) in [5.74, 6) is 1.07. The van der Waals surface area contributed by atoms with E-state index in [1.54, 1.807) is 6.07 Å². The fourth-order valence-electron chi connectivity index (χ4n) is 2.55. The van der Waals surface area contributed by atoms with Crippen LogP contribution in [0, 0.1) is 5.92 Å². The molecule has 1 aromatic heterocycles. The van der Waals surface area contributed by atoms with Crippen molar-refractivity contribution >= 4 is 10.0 Å². The maximum absolute atomic E-state index is 11.5. The normalized spacial score (nSPS) is 23.9. The molecule has 6 nitrogen and oxygen atoms in total. The molecule has 1 saturated carbocycles. The van der Waals surface area contributed by atoms with Crippen molar-refractivity contribution in [1.82, 2.24) is 10.0 Å². The molecule has 0 spiro atoms. The van der Waals surface area contributed by atoms with Crippen LogP contribution in [-0.2, 0) is 16.6 Å². The van der Waals surface area contributed by atoms with Crippen molar-refractivity contribution < 1.29 is 17.9 Å². The van der Waals surface area contributed by atoms with Gasteiger partial charge in [-0.15, -0.1) is 0 Å². The summed E-state index contributed by atoms with van der Waals surface area (Å²) in [6.07, 6.45) is 3.76. The molecule has 1 fully saturated rings. The van der Waals surface area contributed by atoms with E-state index in [2.05, 4.69) is 10.0 Å². The van der Waals surface area contributed by atoms with Gasteiger partial charge in [-0.3, -0.25) is 0 Å². The van der Waals surface area contributed by atoms with E-state index in [1.165, 1.54) is 13.1 Å². The van der Waals surface area contributed by atoms with Crippen molar-refractivity contribution in [3.63, 3.8) is 0 Å². The lowest BCUT2D eigenvalue weighted by Crippen LogP contribution is -2.28. The third-order valence-corrected chi connectivity index (χ3v) is 4.94. The van der Waals surface area contributed by atoms with Crippen molar-refractivity contribution in [3.05, 3.63) is 17.9 Å². The molecule has 2 rings (SSSR count). The monoisotopic (exact) mass is 302 g/mol. The molecule has 114 valence electrons. The summed E-state index contributed by atoms with van der Waals surface area (Å²) in [6.45, 7) is 1.30. The number of aliphatic hydroxyl groups excluding tert-OH is 1. The first-order valence-electron chi connectivity index (χ1n) is 6.92. The second-order valence-electron chi connectivity index (χ2n) is 5.25. The SMILES string of the molecule is CNS(=O)(=O)c1ccc(CNCC2CCCC(O)C2)o1. The Kier molecular flexibility index (Phi) is 5.20. The van der Waals surface area contributed by atoms with Crippen LogP contribution in [0.1, 0.15) is 31.4 Å². The Hall–Kier alpha value is -0.890. The van der Waals surface area contributed by atoms with Gasteiger partial charge in [0.05, 0.1) is 12.6 Å². The Morgan fingerprint density at radius 1 is 1.40 bits per heavy atom. The maximum atomic E-state index is 11.5.